The Balaban J connectivity index is 2.53. The summed E-state index contributed by atoms with van der Waals surface area (Å²) in [5, 5.41) is 6.61. The standard InChI is InChI=1S/C8H7BrN4/c9-7-3-1-2-6(12-7)8-5(10)4-11-13-8/h1-4H,10H2,(H,11,13). The van der Waals surface area contributed by atoms with Crippen molar-refractivity contribution in [3.05, 3.63) is 29.0 Å². The number of halogens is 1. The number of H-pyrrole nitrogens is 1. The van der Waals surface area contributed by atoms with Crippen molar-refractivity contribution < 1.29 is 0 Å². The van der Waals surface area contributed by atoms with Crippen molar-refractivity contribution >= 4 is 21.6 Å². The summed E-state index contributed by atoms with van der Waals surface area (Å²) in [5.74, 6) is 0. The minimum Gasteiger partial charge on any atom is -0.396 e. The van der Waals surface area contributed by atoms with Crippen LogP contribution >= 0.6 is 15.9 Å². The van der Waals surface area contributed by atoms with Crippen LogP contribution < -0.4 is 5.73 Å². The maximum absolute atomic E-state index is 5.67. The lowest BCUT2D eigenvalue weighted by molar-refractivity contribution is 1.08. The molecule has 3 N–H and O–H groups in total. The minimum atomic E-state index is 0.602. The van der Waals surface area contributed by atoms with Gasteiger partial charge in [-0.2, -0.15) is 5.10 Å². The highest BCUT2D eigenvalue weighted by Crippen LogP contribution is 2.21. The molecule has 0 radical (unpaired) electrons. The Morgan fingerprint density at radius 1 is 1.38 bits per heavy atom. The molecule has 66 valence electrons. The Labute approximate surface area is 83.3 Å². The van der Waals surface area contributed by atoms with Crippen LogP contribution in [0.2, 0.25) is 0 Å². The molecule has 0 fully saturated rings. The van der Waals surface area contributed by atoms with Crippen molar-refractivity contribution in [2.45, 2.75) is 0 Å². The molecule has 0 unspecified atom stereocenters. The van der Waals surface area contributed by atoms with Crippen LogP contribution in [0.3, 0.4) is 0 Å². The first kappa shape index (κ1) is 8.25. The second-order valence-corrected chi connectivity index (χ2v) is 3.36. The van der Waals surface area contributed by atoms with Gasteiger partial charge in [0.25, 0.3) is 0 Å². The molecule has 0 aliphatic rings. The first-order chi connectivity index (χ1) is 6.27. The van der Waals surface area contributed by atoms with Gasteiger partial charge in [-0.15, -0.1) is 0 Å². The number of nitrogens with zero attached hydrogens (tertiary/aromatic N) is 2. The average molecular weight is 239 g/mol. The zero-order valence-corrected chi connectivity index (χ0v) is 8.25. The number of aromatic amines is 1. The van der Waals surface area contributed by atoms with E-state index in [0.717, 1.165) is 16.0 Å². The van der Waals surface area contributed by atoms with Gasteiger partial charge in [0.2, 0.25) is 0 Å². The van der Waals surface area contributed by atoms with Crippen LogP contribution in [0.4, 0.5) is 5.69 Å². The van der Waals surface area contributed by atoms with Gasteiger partial charge in [0.1, 0.15) is 10.3 Å². The van der Waals surface area contributed by atoms with Crippen LogP contribution in [0.15, 0.2) is 29.0 Å². The van der Waals surface area contributed by atoms with Crippen molar-refractivity contribution in [2.24, 2.45) is 0 Å². The summed E-state index contributed by atoms with van der Waals surface area (Å²) >= 11 is 3.29. The Hall–Kier alpha value is -1.36. The maximum Gasteiger partial charge on any atom is 0.106 e. The number of nitrogens with two attached hydrogens (primary N) is 1. The van der Waals surface area contributed by atoms with Crippen LogP contribution in [0.5, 0.6) is 0 Å². The van der Waals surface area contributed by atoms with Crippen molar-refractivity contribution in [2.75, 3.05) is 5.73 Å². The van der Waals surface area contributed by atoms with Gasteiger partial charge in [-0.25, -0.2) is 4.98 Å². The summed E-state index contributed by atoms with van der Waals surface area (Å²) in [4.78, 5) is 4.24. The fraction of sp³-hybridized carbons (Fsp3) is 0. The van der Waals surface area contributed by atoms with Gasteiger partial charge in [0.15, 0.2) is 0 Å². The SMILES string of the molecule is Nc1cn[nH]c1-c1cccc(Br)n1. The molecule has 0 saturated carbocycles. The number of aromatic nitrogens is 3. The van der Waals surface area contributed by atoms with Crippen LogP contribution in [-0.2, 0) is 0 Å². The molecule has 0 atom stereocenters. The van der Waals surface area contributed by atoms with E-state index in [1.807, 2.05) is 18.2 Å². The molecular weight excluding hydrogens is 232 g/mol. The van der Waals surface area contributed by atoms with E-state index >= 15 is 0 Å². The predicted octanol–water partition coefficient (Wildman–Crippen LogP) is 1.82. The van der Waals surface area contributed by atoms with E-state index in [1.54, 1.807) is 6.20 Å². The molecule has 4 nitrogen and oxygen atoms in total. The smallest absolute Gasteiger partial charge is 0.106 e. The van der Waals surface area contributed by atoms with Crippen LogP contribution in [0.25, 0.3) is 11.4 Å². The number of nitrogens with one attached hydrogen (secondary N) is 1. The van der Waals surface area contributed by atoms with Gasteiger partial charge in [-0.3, -0.25) is 5.10 Å². The molecule has 2 heterocycles. The predicted molar refractivity (Wildman–Crippen MR) is 53.9 cm³/mol. The molecule has 2 rings (SSSR count). The monoisotopic (exact) mass is 238 g/mol. The zero-order valence-electron chi connectivity index (χ0n) is 6.66. The van der Waals surface area contributed by atoms with E-state index in [0.29, 0.717) is 5.69 Å². The van der Waals surface area contributed by atoms with Crippen LogP contribution in [-0.4, -0.2) is 15.2 Å². The Morgan fingerprint density at radius 2 is 2.23 bits per heavy atom. The van der Waals surface area contributed by atoms with Gasteiger partial charge < -0.3 is 5.73 Å². The molecule has 2 aromatic heterocycles. The third-order valence-corrected chi connectivity index (χ3v) is 2.08. The van der Waals surface area contributed by atoms with Gasteiger partial charge in [-0.05, 0) is 28.1 Å². The molecule has 0 aliphatic carbocycles. The number of nitrogen functional groups attached to an aromatic ring is 1. The number of hydrogen-bond donors (Lipinski definition) is 2. The van der Waals surface area contributed by atoms with E-state index in [2.05, 4.69) is 31.1 Å². The van der Waals surface area contributed by atoms with Crippen molar-refractivity contribution in [1.29, 1.82) is 0 Å². The summed E-state index contributed by atoms with van der Waals surface area (Å²) in [7, 11) is 0. The highest BCUT2D eigenvalue weighted by atomic mass is 79.9. The normalized spacial score (nSPS) is 10.2. The second-order valence-electron chi connectivity index (χ2n) is 2.55. The third kappa shape index (κ3) is 1.55. The Morgan fingerprint density at radius 3 is 2.85 bits per heavy atom. The topological polar surface area (TPSA) is 67.6 Å². The van der Waals surface area contributed by atoms with E-state index in [1.165, 1.54) is 0 Å². The second kappa shape index (κ2) is 3.18. The summed E-state index contributed by atoms with van der Waals surface area (Å²) in [6.07, 6.45) is 1.57. The Kier molecular flexibility index (Phi) is 2.02. The van der Waals surface area contributed by atoms with Crippen molar-refractivity contribution in [1.82, 2.24) is 15.2 Å². The fourth-order valence-electron chi connectivity index (χ4n) is 1.05. The first-order valence-corrected chi connectivity index (χ1v) is 4.48. The molecule has 13 heavy (non-hydrogen) atoms. The minimum absolute atomic E-state index is 0.602. The number of anilines is 1. The first-order valence-electron chi connectivity index (χ1n) is 3.69. The van der Waals surface area contributed by atoms with E-state index in [9.17, 15) is 0 Å². The zero-order chi connectivity index (χ0) is 9.26. The largest absolute Gasteiger partial charge is 0.396 e. The molecule has 2 aromatic rings. The molecule has 0 spiro atoms. The number of rotatable bonds is 1. The highest BCUT2D eigenvalue weighted by molar-refractivity contribution is 9.10. The molecule has 0 amide bonds. The molecule has 5 heteroatoms. The van der Waals surface area contributed by atoms with E-state index < -0.39 is 0 Å². The van der Waals surface area contributed by atoms with E-state index in [4.69, 9.17) is 5.73 Å². The summed E-state index contributed by atoms with van der Waals surface area (Å²) in [6, 6.07) is 5.62. The third-order valence-electron chi connectivity index (χ3n) is 1.64. The number of hydrogen-bond acceptors (Lipinski definition) is 3. The molecular formula is C8H7BrN4. The molecule has 0 aromatic carbocycles. The van der Waals surface area contributed by atoms with Crippen molar-refractivity contribution in [3.63, 3.8) is 0 Å². The maximum atomic E-state index is 5.67. The van der Waals surface area contributed by atoms with Crippen LogP contribution in [0.1, 0.15) is 0 Å². The quantitative estimate of drug-likeness (QED) is 0.745. The van der Waals surface area contributed by atoms with Gasteiger partial charge in [0.05, 0.1) is 17.6 Å². The Bertz CT molecular complexity index is 424. The lowest BCUT2D eigenvalue weighted by atomic mass is 10.2. The van der Waals surface area contributed by atoms with Crippen molar-refractivity contribution in [3.8, 4) is 11.4 Å². The average Bonchev–Trinajstić information content (AvgIpc) is 2.51. The van der Waals surface area contributed by atoms with Gasteiger partial charge in [0, 0.05) is 0 Å². The van der Waals surface area contributed by atoms with E-state index in [-0.39, 0.29) is 0 Å². The molecule has 0 saturated heterocycles. The fourth-order valence-corrected chi connectivity index (χ4v) is 1.39. The van der Waals surface area contributed by atoms with Gasteiger partial charge >= 0.3 is 0 Å². The molecule has 0 aliphatic heterocycles. The van der Waals surface area contributed by atoms with Crippen LogP contribution in [0, 0.1) is 0 Å². The summed E-state index contributed by atoms with van der Waals surface area (Å²) < 4.78 is 0.777. The lowest BCUT2D eigenvalue weighted by Crippen LogP contribution is -1.89. The summed E-state index contributed by atoms with van der Waals surface area (Å²) in [5.41, 5.74) is 7.81. The highest BCUT2D eigenvalue weighted by Gasteiger charge is 2.05. The van der Waals surface area contributed by atoms with Gasteiger partial charge in [-0.1, -0.05) is 6.07 Å². The molecule has 0 bridgehead atoms. The number of pyridine rings is 1. The summed E-state index contributed by atoms with van der Waals surface area (Å²) in [6.45, 7) is 0. The lowest BCUT2D eigenvalue weighted by Gasteiger charge is -1.98.